The maximum Gasteiger partial charge on any atom is 0.359 e. The van der Waals surface area contributed by atoms with Gasteiger partial charge < -0.3 is 4.74 Å². The predicted octanol–water partition coefficient (Wildman–Crippen LogP) is -0.260. The molecule has 0 aromatic carbocycles. The van der Waals surface area contributed by atoms with Crippen molar-refractivity contribution in [1.29, 1.82) is 0 Å². The molecule has 1 atom stereocenters. The molecule has 0 bridgehead atoms. The van der Waals surface area contributed by atoms with Gasteiger partial charge in [0, 0.05) is 0 Å². The number of ether oxygens (including phenoxy) is 1. The maximum absolute atomic E-state index is 10.2. The van der Waals surface area contributed by atoms with E-state index in [-0.39, 0.29) is 6.42 Å². The van der Waals surface area contributed by atoms with Gasteiger partial charge in [0.2, 0.25) is 0 Å². The number of cyclic esters (lactones) is 1. The van der Waals surface area contributed by atoms with Gasteiger partial charge in [0.15, 0.2) is 0 Å². The highest BCUT2D eigenvalue weighted by atomic mass is 16.7. The summed E-state index contributed by atoms with van der Waals surface area (Å²) in [5.41, 5.74) is 0. The molecule has 1 aliphatic rings. The Morgan fingerprint density at radius 2 is 2.56 bits per heavy atom. The van der Waals surface area contributed by atoms with Crippen LogP contribution in [-0.2, 0) is 9.53 Å². The quantitative estimate of drug-likeness (QED) is 0.278. The molecule has 1 unspecified atom stereocenters. The summed E-state index contributed by atoms with van der Waals surface area (Å²) in [6, 6.07) is 0. The van der Waals surface area contributed by atoms with Gasteiger partial charge in [-0.05, 0) is 0 Å². The maximum atomic E-state index is 10.2. The van der Waals surface area contributed by atoms with Crippen molar-refractivity contribution in [3.05, 3.63) is 16.5 Å². The minimum absolute atomic E-state index is 0.0473. The summed E-state index contributed by atoms with van der Waals surface area (Å²) in [6.45, 7) is 0. The third-order valence-corrected chi connectivity index (χ3v) is 0.946. The van der Waals surface area contributed by atoms with E-state index in [1.807, 2.05) is 0 Å². The molecule has 0 spiro atoms. The van der Waals surface area contributed by atoms with Crippen molar-refractivity contribution < 1.29 is 14.5 Å². The van der Waals surface area contributed by atoms with Gasteiger partial charge in [-0.1, -0.05) is 0 Å². The van der Waals surface area contributed by atoms with Gasteiger partial charge in [-0.25, -0.2) is 0 Å². The molecule has 5 heteroatoms. The van der Waals surface area contributed by atoms with Crippen LogP contribution in [-0.4, -0.2) is 17.1 Å². The standard InChI is InChI=1S/C4H4NO4/c6-4-2-1-3(9-4)5(7)8/h1,3H,2H2. The topological polar surface area (TPSA) is 69.4 Å². The molecule has 0 aromatic heterocycles. The number of esters is 1. The molecule has 1 rings (SSSR count). The van der Waals surface area contributed by atoms with Gasteiger partial charge in [-0.3, -0.25) is 14.9 Å². The van der Waals surface area contributed by atoms with E-state index in [0.717, 1.165) is 0 Å². The van der Waals surface area contributed by atoms with Crippen molar-refractivity contribution in [2.75, 3.05) is 0 Å². The Morgan fingerprint density at radius 1 is 1.89 bits per heavy atom. The molecular formula is C4H4NO4. The number of hydrogen-bond donors (Lipinski definition) is 0. The monoisotopic (exact) mass is 130 g/mol. The lowest BCUT2D eigenvalue weighted by Gasteiger charge is -1.96. The average molecular weight is 130 g/mol. The molecule has 1 radical (unpaired) electrons. The lowest BCUT2D eigenvalue weighted by molar-refractivity contribution is -0.553. The second kappa shape index (κ2) is 2.00. The first-order valence-electron chi connectivity index (χ1n) is 2.36. The Labute approximate surface area is 50.8 Å². The molecule has 5 nitrogen and oxygen atoms in total. The average Bonchev–Trinajstić information content (AvgIpc) is 2.14. The van der Waals surface area contributed by atoms with Gasteiger partial charge in [-0.15, -0.1) is 0 Å². The molecule has 0 N–H and O–H groups in total. The summed E-state index contributed by atoms with van der Waals surface area (Å²) in [7, 11) is 0. The molecule has 1 fully saturated rings. The minimum Gasteiger partial charge on any atom is -0.398 e. The Morgan fingerprint density at radius 3 is 2.78 bits per heavy atom. The van der Waals surface area contributed by atoms with Crippen LogP contribution >= 0.6 is 0 Å². The number of nitrogens with zero attached hydrogens (tertiary/aromatic N) is 1. The van der Waals surface area contributed by atoms with Crippen LogP contribution in [0.1, 0.15) is 6.42 Å². The second-order valence-electron chi connectivity index (χ2n) is 1.61. The number of hydrogen-bond acceptors (Lipinski definition) is 4. The molecule has 0 aliphatic carbocycles. The molecule has 1 heterocycles. The van der Waals surface area contributed by atoms with Crippen molar-refractivity contribution >= 4 is 5.97 Å². The molecule has 9 heavy (non-hydrogen) atoms. The number of rotatable bonds is 1. The van der Waals surface area contributed by atoms with Gasteiger partial charge in [0.1, 0.15) is 0 Å². The predicted molar refractivity (Wildman–Crippen MR) is 25.8 cm³/mol. The Hall–Kier alpha value is -1.13. The molecule has 1 saturated heterocycles. The van der Waals surface area contributed by atoms with Crippen LogP contribution in [0.25, 0.3) is 0 Å². The summed E-state index contributed by atoms with van der Waals surface area (Å²) in [5, 5.41) is 9.84. The van der Waals surface area contributed by atoms with Crippen LogP contribution in [0.4, 0.5) is 0 Å². The summed E-state index contributed by atoms with van der Waals surface area (Å²) in [4.78, 5) is 19.4. The van der Waals surface area contributed by atoms with Crippen molar-refractivity contribution in [3.63, 3.8) is 0 Å². The van der Waals surface area contributed by atoms with E-state index in [2.05, 4.69) is 4.74 Å². The van der Waals surface area contributed by atoms with Crippen LogP contribution < -0.4 is 0 Å². The van der Waals surface area contributed by atoms with Crippen LogP contribution in [0.2, 0.25) is 0 Å². The Balaban J connectivity index is 2.48. The van der Waals surface area contributed by atoms with E-state index >= 15 is 0 Å². The molecule has 0 aromatic rings. The van der Waals surface area contributed by atoms with Gasteiger partial charge in [-0.2, -0.15) is 0 Å². The fraction of sp³-hybridized carbons (Fsp3) is 0.500. The van der Waals surface area contributed by atoms with E-state index in [4.69, 9.17) is 0 Å². The van der Waals surface area contributed by atoms with Crippen LogP contribution in [0.5, 0.6) is 0 Å². The first-order chi connectivity index (χ1) is 4.20. The lowest BCUT2D eigenvalue weighted by atomic mass is 10.3. The number of carbonyl (C=O) groups excluding carboxylic acids is 1. The van der Waals surface area contributed by atoms with Crippen molar-refractivity contribution in [2.24, 2.45) is 0 Å². The Bertz CT molecular complexity index is 155. The molecule has 0 amide bonds. The fourth-order valence-electron chi connectivity index (χ4n) is 0.557. The zero-order chi connectivity index (χ0) is 6.85. The number of carbonyl (C=O) groups is 1. The third-order valence-electron chi connectivity index (χ3n) is 0.946. The van der Waals surface area contributed by atoms with Gasteiger partial charge in [0.05, 0.1) is 17.8 Å². The van der Waals surface area contributed by atoms with Crippen LogP contribution in [0.15, 0.2) is 0 Å². The lowest BCUT2D eigenvalue weighted by Crippen LogP contribution is -2.18. The van der Waals surface area contributed by atoms with E-state index in [1.165, 1.54) is 6.42 Å². The summed E-state index contributed by atoms with van der Waals surface area (Å²) >= 11 is 0. The number of nitro groups is 1. The van der Waals surface area contributed by atoms with Crippen LogP contribution in [0.3, 0.4) is 0 Å². The zero-order valence-electron chi connectivity index (χ0n) is 4.44. The normalized spacial score (nSPS) is 25.8. The highest BCUT2D eigenvalue weighted by Crippen LogP contribution is 2.11. The molecule has 49 valence electrons. The highest BCUT2D eigenvalue weighted by molar-refractivity contribution is 5.73. The SMILES string of the molecule is O=C1C[CH]C([N+](=O)[O-])O1. The second-order valence-corrected chi connectivity index (χ2v) is 1.61. The van der Waals surface area contributed by atoms with E-state index in [1.54, 1.807) is 0 Å². The Kier molecular flexibility index (Phi) is 1.33. The largest absolute Gasteiger partial charge is 0.398 e. The first kappa shape index (κ1) is 6.00. The summed E-state index contributed by atoms with van der Waals surface area (Å²) in [6.07, 6.45) is 0.0612. The summed E-state index contributed by atoms with van der Waals surface area (Å²) < 4.78 is 4.23. The van der Waals surface area contributed by atoms with E-state index < -0.39 is 17.1 Å². The smallest absolute Gasteiger partial charge is 0.359 e. The molecular weight excluding hydrogens is 126 g/mol. The highest BCUT2D eigenvalue weighted by Gasteiger charge is 2.32. The van der Waals surface area contributed by atoms with Crippen LogP contribution in [0, 0.1) is 16.5 Å². The minimum atomic E-state index is -1.21. The fourth-order valence-corrected chi connectivity index (χ4v) is 0.557. The van der Waals surface area contributed by atoms with Crippen molar-refractivity contribution in [3.8, 4) is 0 Å². The van der Waals surface area contributed by atoms with E-state index in [9.17, 15) is 14.9 Å². The third kappa shape index (κ3) is 1.16. The van der Waals surface area contributed by atoms with E-state index in [0.29, 0.717) is 0 Å². The summed E-state index contributed by atoms with van der Waals surface area (Å²) in [5.74, 6) is -0.531. The van der Waals surface area contributed by atoms with Gasteiger partial charge >= 0.3 is 12.2 Å². The zero-order valence-corrected chi connectivity index (χ0v) is 4.44. The first-order valence-corrected chi connectivity index (χ1v) is 2.36. The molecule has 1 aliphatic heterocycles. The van der Waals surface area contributed by atoms with Crippen molar-refractivity contribution in [1.82, 2.24) is 0 Å². The van der Waals surface area contributed by atoms with Crippen molar-refractivity contribution in [2.45, 2.75) is 12.6 Å². The molecule has 0 saturated carbocycles. The van der Waals surface area contributed by atoms with Gasteiger partial charge in [0.25, 0.3) is 0 Å².